The monoisotopic (exact) mass is 433 g/mol. The Labute approximate surface area is 159 Å². The van der Waals surface area contributed by atoms with E-state index in [1.54, 1.807) is 32.9 Å². The summed E-state index contributed by atoms with van der Waals surface area (Å²) in [6.45, 7) is 9.09. The second kappa shape index (κ2) is 9.57. The number of rotatable bonds is 8. The zero-order valence-electron chi connectivity index (χ0n) is 15.5. The Kier molecular flexibility index (Phi) is 8.41. The summed E-state index contributed by atoms with van der Waals surface area (Å²) in [5.74, 6) is -0.0986. The van der Waals surface area contributed by atoms with Crippen LogP contribution < -0.4 is 5.32 Å². The average Bonchev–Trinajstić information content (AvgIpc) is 2.52. The molecule has 0 bridgehead atoms. The third-order valence-electron chi connectivity index (χ3n) is 4.27. The Morgan fingerprint density at radius 2 is 1.72 bits per heavy atom. The minimum Gasteiger partial charge on any atom is -0.447 e. The first kappa shape index (κ1) is 22.0. The van der Waals surface area contributed by atoms with Crippen LogP contribution in [0.1, 0.15) is 51.9 Å². The highest BCUT2D eigenvalue weighted by molar-refractivity contribution is 9.10. The predicted molar refractivity (Wildman–Crippen MR) is 104 cm³/mol. The summed E-state index contributed by atoms with van der Waals surface area (Å²) in [6.07, 6.45) is -0.0721. The van der Waals surface area contributed by atoms with Gasteiger partial charge < -0.3 is 10.1 Å². The van der Waals surface area contributed by atoms with Crippen molar-refractivity contribution in [2.24, 2.45) is 5.92 Å². The lowest BCUT2D eigenvalue weighted by Gasteiger charge is -2.26. The fraction of sp³-hybridized carbons (Fsp3) is 0.611. The van der Waals surface area contributed by atoms with Gasteiger partial charge in [-0.05, 0) is 44.4 Å². The van der Waals surface area contributed by atoms with E-state index in [2.05, 4.69) is 21.2 Å². The number of carbonyl (C=O) groups is 1. The summed E-state index contributed by atoms with van der Waals surface area (Å²) in [5, 5.41) is 2.08. The van der Waals surface area contributed by atoms with Gasteiger partial charge in [0.25, 0.3) is 0 Å². The van der Waals surface area contributed by atoms with Crippen molar-refractivity contribution in [3.63, 3.8) is 0 Å². The van der Waals surface area contributed by atoms with Crippen LogP contribution in [-0.2, 0) is 14.6 Å². The van der Waals surface area contributed by atoms with Crippen molar-refractivity contribution in [3.05, 3.63) is 34.3 Å². The van der Waals surface area contributed by atoms with Crippen molar-refractivity contribution in [2.45, 2.75) is 58.4 Å². The molecule has 1 aromatic carbocycles. The molecule has 0 aromatic heterocycles. The number of ether oxygens (including phenoxy) is 1. The summed E-state index contributed by atoms with van der Waals surface area (Å²) >= 11 is 3.35. The van der Waals surface area contributed by atoms with Crippen molar-refractivity contribution in [1.29, 1.82) is 0 Å². The largest absolute Gasteiger partial charge is 0.447 e. The number of benzene rings is 1. The van der Waals surface area contributed by atoms with Gasteiger partial charge in [-0.3, -0.25) is 0 Å². The number of hydrogen-bond acceptors (Lipinski definition) is 4. The van der Waals surface area contributed by atoms with Crippen molar-refractivity contribution >= 4 is 31.9 Å². The molecular weight excluding hydrogens is 406 g/mol. The number of halogens is 1. The van der Waals surface area contributed by atoms with Gasteiger partial charge in [0.2, 0.25) is 0 Å². The van der Waals surface area contributed by atoms with E-state index in [-0.39, 0.29) is 17.8 Å². The molecule has 0 saturated carbocycles. The molecule has 0 radical (unpaired) electrons. The molecule has 0 aliphatic rings. The average molecular weight is 434 g/mol. The number of nitrogens with one attached hydrogen (secondary N) is 1. The molecular formula is C18H28BrNO4S. The number of sulfone groups is 1. The molecule has 0 saturated heterocycles. The first-order valence-electron chi connectivity index (χ1n) is 8.51. The third-order valence-corrected chi connectivity index (χ3v) is 6.97. The number of amides is 1. The summed E-state index contributed by atoms with van der Waals surface area (Å²) in [7, 11) is -3.44. The highest BCUT2D eigenvalue weighted by Crippen LogP contribution is 2.26. The summed E-state index contributed by atoms with van der Waals surface area (Å²) in [6, 6.07) is 6.76. The molecule has 0 heterocycles. The molecule has 25 heavy (non-hydrogen) atoms. The van der Waals surface area contributed by atoms with Gasteiger partial charge in [-0.15, -0.1) is 0 Å². The highest BCUT2D eigenvalue weighted by Gasteiger charge is 2.30. The molecule has 5 nitrogen and oxygen atoms in total. The molecule has 1 amide bonds. The van der Waals surface area contributed by atoms with E-state index in [4.69, 9.17) is 4.74 Å². The van der Waals surface area contributed by atoms with E-state index in [1.807, 2.05) is 26.0 Å². The van der Waals surface area contributed by atoms with Crippen molar-refractivity contribution in [1.82, 2.24) is 5.32 Å². The second-order valence-electron chi connectivity index (χ2n) is 6.61. The van der Waals surface area contributed by atoms with Gasteiger partial charge in [0.05, 0.1) is 17.1 Å². The van der Waals surface area contributed by atoms with Crippen LogP contribution in [0.5, 0.6) is 0 Å². The Morgan fingerprint density at radius 1 is 1.16 bits per heavy atom. The maximum Gasteiger partial charge on any atom is 0.407 e. The van der Waals surface area contributed by atoms with Crippen LogP contribution in [0.25, 0.3) is 0 Å². The van der Waals surface area contributed by atoms with E-state index >= 15 is 0 Å². The van der Waals surface area contributed by atoms with Gasteiger partial charge in [0, 0.05) is 10.5 Å². The van der Waals surface area contributed by atoms with Crippen LogP contribution in [-0.4, -0.2) is 32.4 Å². The molecule has 7 heteroatoms. The molecule has 1 aromatic rings. The van der Waals surface area contributed by atoms with Gasteiger partial charge in [-0.2, -0.15) is 0 Å². The fourth-order valence-electron chi connectivity index (χ4n) is 2.37. The molecule has 0 spiro atoms. The number of hydrogen-bond donors (Lipinski definition) is 1. The molecule has 1 N–H and O–H groups in total. The lowest BCUT2D eigenvalue weighted by atomic mass is 10.0. The maximum absolute atomic E-state index is 12.8. The smallest absolute Gasteiger partial charge is 0.407 e. The molecule has 3 atom stereocenters. The first-order chi connectivity index (χ1) is 11.6. The number of carbonyl (C=O) groups excluding carboxylic acids is 1. The Bertz CT molecular complexity index is 658. The Morgan fingerprint density at radius 3 is 2.20 bits per heavy atom. The first-order valence-corrected chi connectivity index (χ1v) is 11.0. The minimum absolute atomic E-state index is 0.0200. The standard InChI is InChI=1S/C18H28BrNO4S/c1-6-13(4)17(20-18(21)24-12(2)3)11-25(22,23)14(5)15-7-9-16(19)10-8-15/h7-10,12-14,17H,6,11H2,1-5H3,(H,20,21)/t13?,14?,17-/m1/s1. The lowest BCUT2D eigenvalue weighted by Crippen LogP contribution is -2.45. The Hall–Kier alpha value is -1.08. The topological polar surface area (TPSA) is 72.5 Å². The van der Waals surface area contributed by atoms with Crippen LogP contribution in [0, 0.1) is 5.92 Å². The summed E-state index contributed by atoms with van der Waals surface area (Å²) in [4.78, 5) is 11.9. The third kappa shape index (κ3) is 6.98. The minimum atomic E-state index is -3.44. The van der Waals surface area contributed by atoms with E-state index in [1.165, 1.54) is 0 Å². The van der Waals surface area contributed by atoms with Gasteiger partial charge in [0.15, 0.2) is 9.84 Å². The van der Waals surface area contributed by atoms with Crippen molar-refractivity contribution in [3.8, 4) is 0 Å². The fourth-order valence-corrected chi connectivity index (χ4v) is 4.41. The molecule has 142 valence electrons. The molecule has 1 rings (SSSR count). The number of alkyl carbamates (subject to hydrolysis) is 1. The van der Waals surface area contributed by atoms with Crippen LogP contribution in [0.15, 0.2) is 28.7 Å². The molecule has 0 fully saturated rings. The lowest BCUT2D eigenvalue weighted by molar-refractivity contribution is 0.110. The quantitative estimate of drug-likeness (QED) is 0.655. The zero-order chi connectivity index (χ0) is 19.2. The van der Waals surface area contributed by atoms with Gasteiger partial charge in [-0.25, -0.2) is 13.2 Å². The molecule has 0 aliphatic heterocycles. The summed E-state index contributed by atoms with van der Waals surface area (Å²) < 4.78 is 31.7. The Balaban J connectivity index is 2.93. The van der Waals surface area contributed by atoms with Crippen molar-refractivity contribution < 1.29 is 17.9 Å². The van der Waals surface area contributed by atoms with Crippen LogP contribution in [0.4, 0.5) is 4.79 Å². The van der Waals surface area contributed by atoms with Gasteiger partial charge in [-0.1, -0.05) is 48.3 Å². The maximum atomic E-state index is 12.8. The van der Waals surface area contributed by atoms with Crippen LogP contribution >= 0.6 is 15.9 Å². The van der Waals surface area contributed by atoms with Crippen molar-refractivity contribution in [2.75, 3.05) is 5.75 Å². The highest BCUT2D eigenvalue weighted by atomic mass is 79.9. The molecule has 0 aliphatic carbocycles. The van der Waals surface area contributed by atoms with Crippen LogP contribution in [0.3, 0.4) is 0 Å². The SMILES string of the molecule is CCC(C)[C@@H](CS(=O)(=O)C(C)c1ccc(Br)cc1)NC(=O)OC(C)C. The van der Waals surface area contributed by atoms with E-state index in [0.29, 0.717) is 0 Å². The van der Waals surface area contributed by atoms with E-state index in [9.17, 15) is 13.2 Å². The van der Waals surface area contributed by atoms with E-state index < -0.39 is 27.2 Å². The van der Waals surface area contributed by atoms with E-state index in [0.717, 1.165) is 16.5 Å². The summed E-state index contributed by atoms with van der Waals surface area (Å²) in [5.41, 5.74) is 0.732. The zero-order valence-corrected chi connectivity index (χ0v) is 17.9. The van der Waals surface area contributed by atoms with Gasteiger partial charge in [0.1, 0.15) is 0 Å². The molecule has 2 unspecified atom stereocenters. The van der Waals surface area contributed by atoms with Gasteiger partial charge >= 0.3 is 6.09 Å². The second-order valence-corrected chi connectivity index (χ2v) is 9.90. The van der Waals surface area contributed by atoms with Crippen LogP contribution in [0.2, 0.25) is 0 Å². The normalized spacial score (nSPS) is 15.5. The predicted octanol–water partition coefficient (Wildman–Crippen LogP) is 4.47.